The Morgan fingerprint density at radius 2 is 2.00 bits per heavy atom. The van der Waals surface area contributed by atoms with E-state index in [1.807, 2.05) is 13.8 Å². The van der Waals surface area contributed by atoms with Gasteiger partial charge in [-0.15, -0.1) is 0 Å². The van der Waals surface area contributed by atoms with Crippen LogP contribution in [0.1, 0.15) is 24.1 Å². The normalized spacial score (nSPS) is 12.0. The highest BCUT2D eigenvalue weighted by atomic mass is 79.9. The van der Waals surface area contributed by atoms with Crippen LogP contribution >= 0.6 is 15.9 Å². The molecule has 0 fully saturated rings. The number of halogens is 2. The van der Waals surface area contributed by atoms with Crippen molar-refractivity contribution in [2.24, 2.45) is 0 Å². The third kappa shape index (κ3) is 3.47. The largest absolute Gasteiger partial charge is 0.508 e. The quantitative estimate of drug-likeness (QED) is 0.830. The van der Waals surface area contributed by atoms with E-state index >= 15 is 0 Å². The molecule has 2 aromatic rings. The summed E-state index contributed by atoms with van der Waals surface area (Å²) in [7, 11) is 1.57. The van der Waals surface area contributed by atoms with E-state index in [4.69, 9.17) is 4.74 Å². The van der Waals surface area contributed by atoms with Crippen LogP contribution in [0.15, 0.2) is 34.8 Å². The Labute approximate surface area is 131 Å². The number of phenols is 1. The van der Waals surface area contributed by atoms with E-state index in [1.54, 1.807) is 31.4 Å². The topological polar surface area (TPSA) is 41.5 Å². The van der Waals surface area contributed by atoms with Crippen molar-refractivity contribution in [2.75, 3.05) is 12.4 Å². The second kappa shape index (κ2) is 6.35. The van der Waals surface area contributed by atoms with Crippen molar-refractivity contribution in [3.8, 4) is 11.5 Å². The molecular formula is C16H17BrFNO2. The zero-order chi connectivity index (χ0) is 15.6. The predicted octanol–water partition coefficient (Wildman–Crippen LogP) is 4.78. The van der Waals surface area contributed by atoms with Gasteiger partial charge in [0.1, 0.15) is 17.3 Å². The van der Waals surface area contributed by atoms with Gasteiger partial charge in [-0.05, 0) is 65.7 Å². The molecule has 2 rings (SSSR count). The van der Waals surface area contributed by atoms with Crippen molar-refractivity contribution in [1.82, 2.24) is 0 Å². The number of phenolic OH excluding ortho intramolecular Hbond substituents is 1. The molecule has 0 aromatic heterocycles. The van der Waals surface area contributed by atoms with Crippen molar-refractivity contribution in [2.45, 2.75) is 19.9 Å². The van der Waals surface area contributed by atoms with Crippen LogP contribution in [0.4, 0.5) is 10.1 Å². The molecule has 1 unspecified atom stereocenters. The van der Waals surface area contributed by atoms with Crippen LogP contribution in [0, 0.1) is 12.7 Å². The molecule has 5 heteroatoms. The fourth-order valence-corrected chi connectivity index (χ4v) is 2.58. The van der Waals surface area contributed by atoms with Crippen LogP contribution < -0.4 is 10.1 Å². The van der Waals surface area contributed by atoms with Crippen molar-refractivity contribution in [3.63, 3.8) is 0 Å². The van der Waals surface area contributed by atoms with Crippen LogP contribution in [0.3, 0.4) is 0 Å². The third-order valence-corrected chi connectivity index (χ3v) is 3.95. The van der Waals surface area contributed by atoms with Gasteiger partial charge in [0.2, 0.25) is 0 Å². The molecule has 0 heterocycles. The molecule has 0 amide bonds. The maximum Gasteiger partial charge on any atom is 0.139 e. The van der Waals surface area contributed by atoms with Gasteiger partial charge in [-0.1, -0.05) is 0 Å². The van der Waals surface area contributed by atoms with Gasteiger partial charge in [0.25, 0.3) is 0 Å². The molecule has 21 heavy (non-hydrogen) atoms. The molecule has 3 nitrogen and oxygen atoms in total. The predicted molar refractivity (Wildman–Crippen MR) is 85.5 cm³/mol. The van der Waals surface area contributed by atoms with Gasteiger partial charge in [-0.3, -0.25) is 0 Å². The number of aromatic hydroxyl groups is 1. The number of benzene rings is 2. The van der Waals surface area contributed by atoms with Crippen LogP contribution in [-0.4, -0.2) is 12.2 Å². The second-order valence-electron chi connectivity index (χ2n) is 4.87. The summed E-state index contributed by atoms with van der Waals surface area (Å²) in [5, 5.41) is 13.2. The summed E-state index contributed by atoms with van der Waals surface area (Å²) >= 11 is 3.16. The van der Waals surface area contributed by atoms with E-state index < -0.39 is 0 Å². The van der Waals surface area contributed by atoms with E-state index in [1.165, 1.54) is 6.07 Å². The van der Waals surface area contributed by atoms with Crippen LogP contribution in [-0.2, 0) is 0 Å². The number of rotatable bonds is 4. The Kier molecular flexibility index (Phi) is 4.73. The first-order chi connectivity index (χ1) is 9.92. The van der Waals surface area contributed by atoms with Gasteiger partial charge in [-0.2, -0.15) is 0 Å². The molecule has 0 aliphatic rings. The maximum atomic E-state index is 13.7. The molecule has 0 saturated heterocycles. The minimum atomic E-state index is -0.329. The van der Waals surface area contributed by atoms with E-state index in [2.05, 4.69) is 21.2 Å². The smallest absolute Gasteiger partial charge is 0.139 e. The summed E-state index contributed by atoms with van der Waals surface area (Å²) in [4.78, 5) is 0. The van der Waals surface area contributed by atoms with Crippen molar-refractivity contribution < 1.29 is 14.2 Å². The fourth-order valence-electron chi connectivity index (χ4n) is 2.12. The monoisotopic (exact) mass is 353 g/mol. The Morgan fingerprint density at radius 1 is 1.29 bits per heavy atom. The van der Waals surface area contributed by atoms with Gasteiger partial charge < -0.3 is 15.2 Å². The Bertz CT molecular complexity index is 661. The van der Waals surface area contributed by atoms with E-state index in [-0.39, 0.29) is 17.6 Å². The summed E-state index contributed by atoms with van der Waals surface area (Å²) in [6.07, 6.45) is 0. The van der Waals surface area contributed by atoms with Crippen molar-refractivity contribution in [3.05, 3.63) is 51.7 Å². The van der Waals surface area contributed by atoms with E-state index in [0.29, 0.717) is 21.5 Å². The summed E-state index contributed by atoms with van der Waals surface area (Å²) in [5.74, 6) is 0.506. The summed E-state index contributed by atoms with van der Waals surface area (Å²) in [5.41, 5.74) is 2.29. The first kappa shape index (κ1) is 15.6. The van der Waals surface area contributed by atoms with Crippen molar-refractivity contribution in [1.29, 1.82) is 0 Å². The van der Waals surface area contributed by atoms with Crippen molar-refractivity contribution >= 4 is 21.6 Å². The number of hydrogen-bond acceptors (Lipinski definition) is 3. The lowest BCUT2D eigenvalue weighted by atomic mass is 10.1. The van der Waals surface area contributed by atoms with Crippen LogP contribution in [0.5, 0.6) is 11.5 Å². The molecule has 0 bridgehead atoms. The SMILES string of the molecule is COc1ccc(O)c(C(C)Nc2cc(F)c(Br)cc2C)c1. The molecule has 0 saturated carbocycles. The summed E-state index contributed by atoms with van der Waals surface area (Å²) < 4.78 is 19.3. The molecule has 0 spiro atoms. The van der Waals surface area contributed by atoms with Crippen LogP contribution in [0.2, 0.25) is 0 Å². The highest BCUT2D eigenvalue weighted by molar-refractivity contribution is 9.10. The van der Waals surface area contributed by atoms with Gasteiger partial charge >= 0.3 is 0 Å². The van der Waals surface area contributed by atoms with Crippen LogP contribution in [0.25, 0.3) is 0 Å². The Hall–Kier alpha value is -1.75. The third-order valence-electron chi connectivity index (χ3n) is 3.34. The molecular weight excluding hydrogens is 337 g/mol. The molecule has 1 atom stereocenters. The highest BCUT2D eigenvalue weighted by Gasteiger charge is 2.14. The number of methoxy groups -OCH3 is 1. The second-order valence-corrected chi connectivity index (χ2v) is 5.73. The van der Waals surface area contributed by atoms with Gasteiger partial charge in [-0.25, -0.2) is 4.39 Å². The average Bonchev–Trinajstić information content (AvgIpc) is 2.45. The number of nitrogens with one attached hydrogen (secondary N) is 1. The average molecular weight is 354 g/mol. The molecule has 2 N–H and O–H groups in total. The van der Waals surface area contributed by atoms with Gasteiger partial charge in [0.15, 0.2) is 0 Å². The first-order valence-corrected chi connectivity index (χ1v) is 7.30. The fraction of sp³-hybridized carbons (Fsp3) is 0.250. The number of aryl methyl sites for hydroxylation is 1. The Balaban J connectivity index is 2.30. The molecule has 2 aromatic carbocycles. The number of hydrogen-bond donors (Lipinski definition) is 2. The molecule has 0 radical (unpaired) electrons. The number of anilines is 1. The maximum absolute atomic E-state index is 13.7. The standard InChI is InChI=1S/C16H17BrFNO2/c1-9-6-13(17)14(18)8-15(9)19-10(2)12-7-11(21-3)4-5-16(12)20/h4-8,10,19-20H,1-3H3. The lowest BCUT2D eigenvalue weighted by Crippen LogP contribution is -2.08. The first-order valence-electron chi connectivity index (χ1n) is 6.51. The zero-order valence-electron chi connectivity index (χ0n) is 12.1. The van der Waals surface area contributed by atoms with E-state index in [0.717, 1.165) is 5.56 Å². The molecule has 0 aliphatic heterocycles. The lowest BCUT2D eigenvalue weighted by molar-refractivity contribution is 0.410. The highest BCUT2D eigenvalue weighted by Crippen LogP contribution is 2.32. The summed E-state index contributed by atoms with van der Waals surface area (Å²) in [6.45, 7) is 3.79. The Morgan fingerprint density at radius 3 is 2.67 bits per heavy atom. The van der Waals surface area contributed by atoms with Gasteiger partial charge in [0, 0.05) is 11.3 Å². The summed E-state index contributed by atoms with van der Waals surface area (Å²) in [6, 6.07) is 8.00. The zero-order valence-corrected chi connectivity index (χ0v) is 13.7. The van der Waals surface area contributed by atoms with Gasteiger partial charge in [0.05, 0.1) is 17.6 Å². The lowest BCUT2D eigenvalue weighted by Gasteiger charge is -2.19. The molecule has 0 aliphatic carbocycles. The number of ether oxygens (including phenoxy) is 1. The molecule has 112 valence electrons. The minimum absolute atomic E-state index is 0.172. The minimum Gasteiger partial charge on any atom is -0.508 e. The van der Waals surface area contributed by atoms with E-state index in [9.17, 15) is 9.50 Å².